The summed E-state index contributed by atoms with van der Waals surface area (Å²) in [6.07, 6.45) is -4.32. The summed E-state index contributed by atoms with van der Waals surface area (Å²) in [5.41, 5.74) is -0.303. The summed E-state index contributed by atoms with van der Waals surface area (Å²) in [5.74, 6) is 0.756. The van der Waals surface area contributed by atoms with Crippen LogP contribution in [0.3, 0.4) is 0 Å². The standard InChI is InChI=1S/C17H18F3NO/c1-21(11-12-22-15-8-3-2-4-9-15)13-14-7-5-6-10-16(14)17(18,19)20/h2-10H,11-13H2,1H3. The first kappa shape index (κ1) is 16.4. The van der Waals surface area contributed by atoms with Gasteiger partial charge in [-0.3, -0.25) is 4.90 Å². The molecular formula is C17H18F3NO. The molecule has 0 aliphatic heterocycles. The maximum Gasteiger partial charge on any atom is 0.416 e. The summed E-state index contributed by atoms with van der Waals surface area (Å²) in [7, 11) is 1.78. The molecule has 0 N–H and O–H groups in total. The zero-order valence-corrected chi connectivity index (χ0v) is 12.3. The second-order valence-electron chi connectivity index (χ2n) is 5.05. The van der Waals surface area contributed by atoms with E-state index in [-0.39, 0.29) is 12.1 Å². The highest BCUT2D eigenvalue weighted by atomic mass is 19.4. The van der Waals surface area contributed by atoms with Gasteiger partial charge in [0.1, 0.15) is 12.4 Å². The third-order valence-corrected chi connectivity index (χ3v) is 3.25. The lowest BCUT2D eigenvalue weighted by atomic mass is 10.1. The van der Waals surface area contributed by atoms with Crippen molar-refractivity contribution in [3.05, 3.63) is 65.7 Å². The molecule has 0 aromatic heterocycles. The van der Waals surface area contributed by atoms with Gasteiger partial charge < -0.3 is 4.74 Å². The molecule has 0 spiro atoms. The average molecular weight is 309 g/mol. The van der Waals surface area contributed by atoms with Crippen LogP contribution in [0.2, 0.25) is 0 Å². The molecule has 2 nitrogen and oxygen atoms in total. The Kier molecular flexibility index (Phi) is 5.44. The molecule has 0 heterocycles. The van der Waals surface area contributed by atoms with Gasteiger partial charge in [0.2, 0.25) is 0 Å². The fraction of sp³-hybridized carbons (Fsp3) is 0.294. The van der Waals surface area contributed by atoms with E-state index in [1.54, 1.807) is 13.1 Å². The van der Waals surface area contributed by atoms with E-state index in [4.69, 9.17) is 4.74 Å². The predicted molar refractivity (Wildman–Crippen MR) is 79.7 cm³/mol. The van der Waals surface area contributed by atoms with Crippen molar-refractivity contribution in [3.8, 4) is 5.75 Å². The largest absolute Gasteiger partial charge is 0.492 e. The number of likely N-dealkylation sites (N-methyl/N-ethyl adjacent to an activating group) is 1. The summed E-state index contributed by atoms with van der Waals surface area (Å²) in [6.45, 7) is 1.20. The molecule has 0 amide bonds. The van der Waals surface area contributed by atoms with E-state index in [0.29, 0.717) is 13.2 Å². The average Bonchev–Trinajstić information content (AvgIpc) is 2.48. The van der Waals surface area contributed by atoms with E-state index in [1.165, 1.54) is 12.1 Å². The minimum absolute atomic E-state index is 0.230. The summed E-state index contributed by atoms with van der Waals surface area (Å²) in [5, 5.41) is 0. The van der Waals surface area contributed by atoms with Gasteiger partial charge in [0.05, 0.1) is 5.56 Å². The third-order valence-electron chi connectivity index (χ3n) is 3.25. The van der Waals surface area contributed by atoms with E-state index in [9.17, 15) is 13.2 Å². The number of hydrogen-bond acceptors (Lipinski definition) is 2. The third kappa shape index (κ3) is 4.77. The highest BCUT2D eigenvalue weighted by molar-refractivity contribution is 5.29. The fourth-order valence-electron chi connectivity index (χ4n) is 2.14. The van der Waals surface area contributed by atoms with Crippen LogP contribution in [0.25, 0.3) is 0 Å². The van der Waals surface area contributed by atoms with Gasteiger partial charge in [0, 0.05) is 13.1 Å². The lowest BCUT2D eigenvalue weighted by molar-refractivity contribution is -0.138. The van der Waals surface area contributed by atoms with Crippen molar-refractivity contribution in [2.24, 2.45) is 0 Å². The number of hydrogen-bond donors (Lipinski definition) is 0. The molecule has 2 rings (SSSR count). The zero-order chi connectivity index (χ0) is 16.0. The Labute approximate surface area is 128 Å². The smallest absolute Gasteiger partial charge is 0.416 e. The van der Waals surface area contributed by atoms with Gasteiger partial charge in [-0.1, -0.05) is 36.4 Å². The van der Waals surface area contributed by atoms with Gasteiger partial charge in [-0.25, -0.2) is 0 Å². The summed E-state index contributed by atoms with van der Waals surface area (Å²) < 4.78 is 44.3. The molecule has 2 aromatic carbocycles. The molecule has 0 fully saturated rings. The van der Waals surface area contributed by atoms with E-state index in [0.717, 1.165) is 11.8 Å². The van der Waals surface area contributed by atoms with Crippen LogP contribution in [0.15, 0.2) is 54.6 Å². The van der Waals surface area contributed by atoms with Gasteiger partial charge in [0.15, 0.2) is 0 Å². The molecule has 5 heteroatoms. The first-order chi connectivity index (χ1) is 10.5. The normalized spacial score (nSPS) is 11.7. The van der Waals surface area contributed by atoms with Crippen molar-refractivity contribution in [3.63, 3.8) is 0 Å². The van der Waals surface area contributed by atoms with Crippen molar-refractivity contribution in [1.29, 1.82) is 0 Å². The monoisotopic (exact) mass is 309 g/mol. The minimum atomic E-state index is -4.32. The van der Waals surface area contributed by atoms with Crippen molar-refractivity contribution in [1.82, 2.24) is 4.90 Å². The Bertz CT molecular complexity index is 584. The van der Waals surface area contributed by atoms with Gasteiger partial charge in [-0.05, 0) is 30.8 Å². The number of halogens is 3. The van der Waals surface area contributed by atoms with Crippen molar-refractivity contribution < 1.29 is 17.9 Å². The summed E-state index contributed by atoms with van der Waals surface area (Å²) >= 11 is 0. The van der Waals surface area contributed by atoms with Crippen LogP contribution in [-0.4, -0.2) is 25.1 Å². The van der Waals surface area contributed by atoms with Crippen LogP contribution >= 0.6 is 0 Å². The predicted octanol–water partition coefficient (Wildman–Crippen LogP) is 4.22. The number of nitrogens with zero attached hydrogens (tertiary/aromatic N) is 1. The van der Waals surface area contributed by atoms with Crippen LogP contribution < -0.4 is 4.74 Å². The molecule has 0 aliphatic carbocycles. The second kappa shape index (κ2) is 7.31. The van der Waals surface area contributed by atoms with Crippen molar-refractivity contribution in [2.75, 3.05) is 20.2 Å². The van der Waals surface area contributed by atoms with Gasteiger partial charge in [-0.2, -0.15) is 13.2 Å². The molecule has 0 saturated heterocycles. The van der Waals surface area contributed by atoms with E-state index in [2.05, 4.69) is 0 Å². The molecule has 0 atom stereocenters. The van der Waals surface area contributed by atoms with Crippen LogP contribution in [0.1, 0.15) is 11.1 Å². The number of benzene rings is 2. The van der Waals surface area contributed by atoms with Gasteiger partial charge in [-0.15, -0.1) is 0 Å². The van der Waals surface area contributed by atoms with Crippen LogP contribution in [0.4, 0.5) is 13.2 Å². The highest BCUT2D eigenvalue weighted by Crippen LogP contribution is 2.32. The Morgan fingerprint density at radius 3 is 2.27 bits per heavy atom. The first-order valence-electron chi connectivity index (χ1n) is 6.98. The first-order valence-corrected chi connectivity index (χ1v) is 6.98. The molecule has 22 heavy (non-hydrogen) atoms. The number of ether oxygens (including phenoxy) is 1. The van der Waals surface area contributed by atoms with E-state index >= 15 is 0 Å². The lowest BCUT2D eigenvalue weighted by Gasteiger charge is -2.20. The molecule has 0 bridgehead atoms. The van der Waals surface area contributed by atoms with Crippen LogP contribution in [0, 0.1) is 0 Å². The van der Waals surface area contributed by atoms with E-state index < -0.39 is 11.7 Å². The van der Waals surface area contributed by atoms with Crippen molar-refractivity contribution >= 4 is 0 Å². The Morgan fingerprint density at radius 2 is 1.59 bits per heavy atom. The maximum absolute atomic E-state index is 12.9. The molecule has 2 aromatic rings. The summed E-state index contributed by atoms with van der Waals surface area (Å²) in [6, 6.07) is 15.0. The molecule has 0 saturated carbocycles. The topological polar surface area (TPSA) is 12.5 Å². The highest BCUT2D eigenvalue weighted by Gasteiger charge is 2.32. The molecule has 0 aliphatic rings. The Hall–Kier alpha value is -2.01. The van der Waals surface area contributed by atoms with Crippen LogP contribution in [-0.2, 0) is 12.7 Å². The lowest BCUT2D eigenvalue weighted by Crippen LogP contribution is -2.25. The quantitative estimate of drug-likeness (QED) is 0.792. The number of rotatable bonds is 6. The van der Waals surface area contributed by atoms with E-state index in [1.807, 2.05) is 35.2 Å². The zero-order valence-electron chi connectivity index (χ0n) is 12.3. The number of alkyl halides is 3. The molecular weight excluding hydrogens is 291 g/mol. The molecule has 0 unspecified atom stereocenters. The van der Waals surface area contributed by atoms with Crippen molar-refractivity contribution in [2.45, 2.75) is 12.7 Å². The van der Waals surface area contributed by atoms with Gasteiger partial charge in [0.25, 0.3) is 0 Å². The van der Waals surface area contributed by atoms with Gasteiger partial charge >= 0.3 is 6.18 Å². The maximum atomic E-state index is 12.9. The Balaban J connectivity index is 1.89. The fourth-order valence-corrected chi connectivity index (χ4v) is 2.14. The summed E-state index contributed by atoms with van der Waals surface area (Å²) in [4.78, 5) is 1.81. The molecule has 118 valence electrons. The molecule has 0 radical (unpaired) electrons. The number of para-hydroxylation sites is 1. The Morgan fingerprint density at radius 1 is 0.955 bits per heavy atom. The second-order valence-corrected chi connectivity index (χ2v) is 5.05. The van der Waals surface area contributed by atoms with Crippen LogP contribution in [0.5, 0.6) is 5.75 Å². The SMILES string of the molecule is CN(CCOc1ccccc1)Cc1ccccc1C(F)(F)F. The minimum Gasteiger partial charge on any atom is -0.492 e.